The highest BCUT2D eigenvalue weighted by molar-refractivity contribution is 5.85. The van der Waals surface area contributed by atoms with Gasteiger partial charge in [0, 0.05) is 13.2 Å². The predicted octanol–water partition coefficient (Wildman–Crippen LogP) is 0.517. The topological polar surface area (TPSA) is 41.5 Å². The minimum Gasteiger partial charge on any atom is -0.396 e. The molecule has 1 saturated heterocycles. The summed E-state index contributed by atoms with van der Waals surface area (Å²) in [7, 11) is 0. The van der Waals surface area contributed by atoms with Crippen molar-refractivity contribution in [3.05, 3.63) is 0 Å². The molecule has 0 saturated carbocycles. The number of hydrogen-bond donors (Lipinski definition) is 2. The minimum absolute atomic E-state index is 0. The summed E-state index contributed by atoms with van der Waals surface area (Å²) in [5.41, 5.74) is 0. The van der Waals surface area contributed by atoms with Gasteiger partial charge in [0.1, 0.15) is 6.23 Å². The van der Waals surface area contributed by atoms with Gasteiger partial charge >= 0.3 is 0 Å². The Morgan fingerprint density at radius 3 is 2.91 bits per heavy atom. The third-order valence-electron chi connectivity index (χ3n) is 1.64. The Morgan fingerprint density at radius 1 is 1.55 bits per heavy atom. The van der Waals surface area contributed by atoms with Crippen LogP contribution in [0.2, 0.25) is 0 Å². The molecule has 0 aromatic heterocycles. The Hall–Kier alpha value is 0.170. The molecule has 0 aromatic carbocycles. The van der Waals surface area contributed by atoms with Gasteiger partial charge in [0.15, 0.2) is 0 Å². The molecule has 0 radical (unpaired) electrons. The summed E-state index contributed by atoms with van der Waals surface area (Å²) < 4.78 is 5.36. The van der Waals surface area contributed by atoms with Gasteiger partial charge in [0.25, 0.3) is 0 Å². The van der Waals surface area contributed by atoms with Gasteiger partial charge in [-0.3, -0.25) is 5.32 Å². The van der Waals surface area contributed by atoms with Crippen LogP contribution in [0.4, 0.5) is 0 Å². The van der Waals surface area contributed by atoms with Gasteiger partial charge in [0.05, 0.1) is 0 Å². The molecule has 1 rings (SSSR count). The second-order valence-corrected chi connectivity index (χ2v) is 2.53. The van der Waals surface area contributed by atoms with Gasteiger partial charge in [-0.1, -0.05) is 0 Å². The first-order valence-electron chi connectivity index (χ1n) is 3.89. The van der Waals surface area contributed by atoms with E-state index in [1.807, 2.05) is 0 Å². The lowest BCUT2D eigenvalue weighted by atomic mass is 10.2. The first-order valence-corrected chi connectivity index (χ1v) is 3.89. The van der Waals surface area contributed by atoms with Crippen molar-refractivity contribution in [3.63, 3.8) is 0 Å². The molecule has 0 aromatic rings. The summed E-state index contributed by atoms with van der Waals surface area (Å²) in [5, 5.41) is 11.7. The maximum absolute atomic E-state index is 8.51. The monoisotopic (exact) mass is 181 g/mol. The maximum Gasteiger partial charge on any atom is 0.108 e. The van der Waals surface area contributed by atoms with E-state index in [2.05, 4.69) is 5.32 Å². The van der Waals surface area contributed by atoms with Crippen LogP contribution in [0.25, 0.3) is 0 Å². The number of rotatable bonds is 3. The van der Waals surface area contributed by atoms with Gasteiger partial charge in [-0.2, -0.15) is 0 Å². The molecule has 0 bridgehead atoms. The van der Waals surface area contributed by atoms with E-state index in [-0.39, 0.29) is 25.2 Å². The Labute approximate surface area is 73.5 Å². The van der Waals surface area contributed by atoms with Crippen molar-refractivity contribution < 1.29 is 9.84 Å². The number of aliphatic hydroxyl groups excluding tert-OH is 1. The van der Waals surface area contributed by atoms with Crippen molar-refractivity contribution in [1.82, 2.24) is 5.32 Å². The summed E-state index contributed by atoms with van der Waals surface area (Å²) in [5.74, 6) is 0. The summed E-state index contributed by atoms with van der Waals surface area (Å²) in [4.78, 5) is 0. The van der Waals surface area contributed by atoms with E-state index in [1.165, 1.54) is 0 Å². The molecule has 0 spiro atoms. The van der Waals surface area contributed by atoms with Crippen LogP contribution in [0, 0.1) is 0 Å². The molecule has 1 aliphatic rings. The van der Waals surface area contributed by atoms with E-state index in [4.69, 9.17) is 9.84 Å². The second-order valence-electron chi connectivity index (χ2n) is 2.53. The van der Waals surface area contributed by atoms with Crippen molar-refractivity contribution in [2.45, 2.75) is 25.5 Å². The summed E-state index contributed by atoms with van der Waals surface area (Å²) >= 11 is 0. The first-order chi connectivity index (χ1) is 4.93. The SMILES string of the molecule is Cl.OCCCC1NCCCO1. The molecule has 2 N–H and O–H groups in total. The molecule has 1 atom stereocenters. The van der Waals surface area contributed by atoms with Crippen molar-refractivity contribution in [2.24, 2.45) is 0 Å². The van der Waals surface area contributed by atoms with Gasteiger partial charge in [-0.15, -0.1) is 12.4 Å². The van der Waals surface area contributed by atoms with Crippen LogP contribution in [-0.4, -0.2) is 31.1 Å². The van der Waals surface area contributed by atoms with Gasteiger partial charge in [-0.05, 0) is 25.8 Å². The molecular weight excluding hydrogens is 166 g/mol. The molecule has 4 heteroatoms. The van der Waals surface area contributed by atoms with Crippen LogP contribution >= 0.6 is 12.4 Å². The lowest BCUT2D eigenvalue weighted by Gasteiger charge is -2.23. The van der Waals surface area contributed by atoms with E-state index in [9.17, 15) is 0 Å². The fraction of sp³-hybridized carbons (Fsp3) is 1.00. The zero-order valence-electron chi connectivity index (χ0n) is 6.58. The maximum atomic E-state index is 8.51. The molecule has 0 amide bonds. The lowest BCUT2D eigenvalue weighted by molar-refractivity contribution is -0.00696. The van der Waals surface area contributed by atoms with Crippen LogP contribution in [-0.2, 0) is 4.74 Å². The van der Waals surface area contributed by atoms with Crippen LogP contribution in [0.5, 0.6) is 0 Å². The smallest absolute Gasteiger partial charge is 0.108 e. The Kier molecular flexibility index (Phi) is 6.96. The quantitative estimate of drug-likeness (QED) is 0.667. The number of ether oxygens (including phenoxy) is 1. The average molecular weight is 182 g/mol. The van der Waals surface area contributed by atoms with Crippen LogP contribution in [0.3, 0.4) is 0 Å². The Balaban J connectivity index is 0.000001000. The van der Waals surface area contributed by atoms with E-state index in [0.717, 1.165) is 32.4 Å². The number of aliphatic hydroxyl groups is 1. The van der Waals surface area contributed by atoms with Crippen LogP contribution in [0.15, 0.2) is 0 Å². The predicted molar refractivity (Wildman–Crippen MR) is 45.9 cm³/mol. The van der Waals surface area contributed by atoms with Crippen LogP contribution < -0.4 is 5.32 Å². The van der Waals surface area contributed by atoms with Gasteiger partial charge < -0.3 is 9.84 Å². The summed E-state index contributed by atoms with van der Waals surface area (Å²) in [6, 6.07) is 0. The molecule has 1 unspecified atom stereocenters. The zero-order valence-corrected chi connectivity index (χ0v) is 7.40. The lowest BCUT2D eigenvalue weighted by Crippen LogP contribution is -2.38. The third kappa shape index (κ3) is 4.58. The summed E-state index contributed by atoms with van der Waals surface area (Å²) in [6.07, 6.45) is 3.06. The average Bonchev–Trinajstić information content (AvgIpc) is 2.03. The van der Waals surface area contributed by atoms with Crippen LogP contribution in [0.1, 0.15) is 19.3 Å². The van der Waals surface area contributed by atoms with Gasteiger partial charge in [0.2, 0.25) is 0 Å². The fourth-order valence-corrected chi connectivity index (χ4v) is 1.08. The molecule has 68 valence electrons. The normalized spacial score (nSPS) is 24.3. The Bertz CT molecular complexity index is 86.5. The zero-order chi connectivity index (χ0) is 7.23. The van der Waals surface area contributed by atoms with Crippen molar-refractivity contribution in [3.8, 4) is 0 Å². The highest BCUT2D eigenvalue weighted by Gasteiger charge is 2.10. The van der Waals surface area contributed by atoms with Crippen molar-refractivity contribution >= 4 is 12.4 Å². The minimum atomic E-state index is 0. The third-order valence-corrected chi connectivity index (χ3v) is 1.64. The van der Waals surface area contributed by atoms with E-state index in [0.29, 0.717) is 0 Å². The van der Waals surface area contributed by atoms with E-state index >= 15 is 0 Å². The molecular formula is C7H16ClNO2. The van der Waals surface area contributed by atoms with Crippen molar-refractivity contribution in [2.75, 3.05) is 19.8 Å². The second kappa shape index (κ2) is 6.85. The highest BCUT2D eigenvalue weighted by Crippen LogP contribution is 2.03. The molecule has 1 aliphatic heterocycles. The summed E-state index contributed by atoms with van der Waals surface area (Å²) in [6.45, 7) is 2.18. The molecule has 11 heavy (non-hydrogen) atoms. The first kappa shape index (κ1) is 11.2. The molecule has 0 aliphatic carbocycles. The van der Waals surface area contributed by atoms with E-state index in [1.54, 1.807) is 0 Å². The molecule has 1 fully saturated rings. The largest absolute Gasteiger partial charge is 0.396 e. The highest BCUT2D eigenvalue weighted by atomic mass is 35.5. The Morgan fingerprint density at radius 2 is 2.36 bits per heavy atom. The standard InChI is InChI=1S/C7H15NO2.ClH/c9-5-1-3-7-8-4-2-6-10-7;/h7-9H,1-6H2;1H. The van der Waals surface area contributed by atoms with Gasteiger partial charge in [-0.25, -0.2) is 0 Å². The fourth-order valence-electron chi connectivity index (χ4n) is 1.08. The number of halogens is 1. The van der Waals surface area contributed by atoms with Crippen molar-refractivity contribution in [1.29, 1.82) is 0 Å². The van der Waals surface area contributed by atoms with E-state index < -0.39 is 0 Å². The number of hydrogen-bond acceptors (Lipinski definition) is 3. The molecule has 1 heterocycles. The number of nitrogens with one attached hydrogen (secondary N) is 1. The molecule has 3 nitrogen and oxygen atoms in total.